The summed E-state index contributed by atoms with van der Waals surface area (Å²) in [5.41, 5.74) is 1.25. The molecule has 2 unspecified atom stereocenters. The van der Waals surface area contributed by atoms with Gasteiger partial charge in [-0.15, -0.1) is 0 Å². The molecule has 2 aromatic carbocycles. The molecule has 162 valence electrons. The van der Waals surface area contributed by atoms with Crippen LogP contribution in [0.3, 0.4) is 0 Å². The molecule has 2 rings (SSSR count). The van der Waals surface area contributed by atoms with E-state index in [-0.39, 0.29) is 17.8 Å². The Morgan fingerprint density at radius 2 is 1.60 bits per heavy atom. The fourth-order valence-corrected chi connectivity index (χ4v) is 5.92. The Bertz CT molecular complexity index is 910. The summed E-state index contributed by atoms with van der Waals surface area (Å²) in [6.45, 7) is 9.92. The van der Waals surface area contributed by atoms with E-state index in [0.29, 0.717) is 5.56 Å². The molecule has 2 aromatic rings. The normalized spacial score (nSPS) is 14.0. The molecule has 0 amide bonds. The average molecular weight is 429 g/mol. The van der Waals surface area contributed by atoms with Gasteiger partial charge in [0.05, 0.1) is 6.61 Å². The minimum atomic E-state index is -4.14. The number of carbonyl (C=O) groups excluding carboxylic acids is 2. The maximum absolute atomic E-state index is 14.1. The van der Waals surface area contributed by atoms with Gasteiger partial charge in [-0.25, -0.2) is 4.79 Å². The SMILES string of the molecule is CCCCC(CC)COC(=O)P(=O)(C(=O)c1c(C)cc(C)cc1C)c1ccccc1. The predicted molar refractivity (Wildman–Crippen MR) is 123 cm³/mol. The molecule has 0 aliphatic heterocycles. The van der Waals surface area contributed by atoms with Crippen molar-refractivity contribution in [1.82, 2.24) is 0 Å². The Kier molecular flexibility index (Phi) is 8.61. The van der Waals surface area contributed by atoms with Crippen molar-refractivity contribution >= 4 is 23.7 Å². The van der Waals surface area contributed by atoms with Gasteiger partial charge in [0.25, 0.3) is 7.14 Å². The lowest BCUT2D eigenvalue weighted by Crippen LogP contribution is -2.24. The smallest absolute Gasteiger partial charge is 0.376 e. The largest absolute Gasteiger partial charge is 0.459 e. The van der Waals surface area contributed by atoms with Gasteiger partial charge in [0.1, 0.15) is 0 Å². The Balaban J connectivity index is 2.44. The Hall–Kier alpha value is -2.19. The lowest BCUT2D eigenvalue weighted by Gasteiger charge is -2.21. The van der Waals surface area contributed by atoms with Crippen LogP contribution in [-0.4, -0.2) is 17.8 Å². The summed E-state index contributed by atoms with van der Waals surface area (Å²) < 4.78 is 19.6. The fraction of sp³-hybridized carbons (Fsp3) is 0.440. The second kappa shape index (κ2) is 10.7. The standard InChI is InChI=1S/C25H33O4P/c1-6-8-12-21(7-2)17-29-25(27)30(28,22-13-10-9-11-14-22)24(26)23-19(4)15-18(3)16-20(23)5/h9-11,13-16,21H,6-8,12,17H2,1-5H3. The summed E-state index contributed by atoms with van der Waals surface area (Å²) in [4.78, 5) is 26.7. The summed E-state index contributed by atoms with van der Waals surface area (Å²) in [5, 5.41) is 0.223. The molecule has 0 aromatic heterocycles. The van der Waals surface area contributed by atoms with E-state index in [4.69, 9.17) is 4.74 Å². The number of benzene rings is 2. The number of rotatable bonds is 10. The number of unbranched alkanes of at least 4 members (excludes halogenated alkanes) is 1. The highest BCUT2D eigenvalue weighted by molar-refractivity contribution is 8.00. The quantitative estimate of drug-likeness (QED) is 0.391. The van der Waals surface area contributed by atoms with Gasteiger partial charge < -0.3 is 4.74 Å². The van der Waals surface area contributed by atoms with Crippen LogP contribution in [0, 0.1) is 26.7 Å². The number of hydrogen-bond acceptors (Lipinski definition) is 4. The first-order chi connectivity index (χ1) is 14.2. The Labute approximate surface area is 180 Å². The van der Waals surface area contributed by atoms with Crippen LogP contribution in [0.2, 0.25) is 0 Å². The molecule has 0 N–H and O–H groups in total. The molecule has 2 atom stereocenters. The van der Waals surface area contributed by atoms with E-state index in [9.17, 15) is 14.2 Å². The molecular formula is C25H33O4P. The van der Waals surface area contributed by atoms with Crippen molar-refractivity contribution in [1.29, 1.82) is 0 Å². The lowest BCUT2D eigenvalue weighted by molar-refractivity contribution is 0.106. The van der Waals surface area contributed by atoms with Crippen molar-refractivity contribution in [2.24, 2.45) is 5.92 Å². The number of aryl methyl sites for hydroxylation is 3. The van der Waals surface area contributed by atoms with E-state index in [2.05, 4.69) is 13.8 Å². The van der Waals surface area contributed by atoms with Crippen molar-refractivity contribution in [2.75, 3.05) is 6.61 Å². The summed E-state index contributed by atoms with van der Waals surface area (Å²) in [6, 6.07) is 12.0. The molecule has 0 heterocycles. The van der Waals surface area contributed by atoms with Crippen molar-refractivity contribution in [2.45, 2.75) is 60.3 Å². The molecule has 0 aliphatic carbocycles. The van der Waals surface area contributed by atoms with E-state index in [1.54, 1.807) is 30.3 Å². The minimum Gasteiger partial charge on any atom is -0.459 e. The van der Waals surface area contributed by atoms with E-state index in [0.717, 1.165) is 42.4 Å². The molecule has 30 heavy (non-hydrogen) atoms. The first-order valence-corrected chi connectivity index (χ1v) is 12.4. The van der Waals surface area contributed by atoms with E-state index < -0.39 is 18.4 Å². The van der Waals surface area contributed by atoms with Gasteiger partial charge in [0.2, 0.25) is 5.52 Å². The van der Waals surface area contributed by atoms with Crippen LogP contribution in [0.1, 0.15) is 66.6 Å². The maximum atomic E-state index is 14.1. The highest BCUT2D eigenvalue weighted by Crippen LogP contribution is 2.50. The first kappa shape index (κ1) is 24.1. The Morgan fingerprint density at radius 3 is 2.13 bits per heavy atom. The second-order valence-corrected chi connectivity index (χ2v) is 10.5. The van der Waals surface area contributed by atoms with E-state index >= 15 is 0 Å². The van der Waals surface area contributed by atoms with Crippen LogP contribution in [-0.2, 0) is 9.30 Å². The maximum Gasteiger partial charge on any atom is 0.376 e. The predicted octanol–water partition coefficient (Wildman–Crippen LogP) is 6.79. The van der Waals surface area contributed by atoms with Gasteiger partial charge in [-0.3, -0.25) is 9.36 Å². The average Bonchev–Trinajstić information content (AvgIpc) is 2.72. The molecule has 0 spiro atoms. The molecule has 0 aliphatic rings. The van der Waals surface area contributed by atoms with Crippen LogP contribution in [0.15, 0.2) is 42.5 Å². The summed E-state index contributed by atoms with van der Waals surface area (Å²) in [5.74, 6) is 0.205. The highest BCUT2D eigenvalue weighted by Gasteiger charge is 2.45. The van der Waals surface area contributed by atoms with Gasteiger partial charge in [0, 0.05) is 10.9 Å². The third kappa shape index (κ3) is 5.29. The van der Waals surface area contributed by atoms with Gasteiger partial charge in [0.15, 0.2) is 0 Å². The zero-order valence-electron chi connectivity index (χ0n) is 18.7. The van der Waals surface area contributed by atoms with Crippen LogP contribution >= 0.6 is 7.14 Å². The van der Waals surface area contributed by atoms with Crippen molar-refractivity contribution in [3.05, 3.63) is 64.7 Å². The fourth-order valence-electron chi connectivity index (χ4n) is 3.80. The van der Waals surface area contributed by atoms with Crippen molar-refractivity contribution < 1.29 is 18.9 Å². The molecule has 0 fully saturated rings. The lowest BCUT2D eigenvalue weighted by atomic mass is 10.0. The van der Waals surface area contributed by atoms with Crippen LogP contribution < -0.4 is 5.30 Å². The van der Waals surface area contributed by atoms with Gasteiger partial charge in [-0.05, 0) is 44.2 Å². The number of ether oxygens (including phenoxy) is 1. The van der Waals surface area contributed by atoms with Gasteiger partial charge in [-0.2, -0.15) is 0 Å². The summed E-state index contributed by atoms with van der Waals surface area (Å²) >= 11 is 0. The zero-order valence-corrected chi connectivity index (χ0v) is 19.6. The van der Waals surface area contributed by atoms with Crippen molar-refractivity contribution in [3.8, 4) is 0 Å². The van der Waals surface area contributed by atoms with Gasteiger partial charge >= 0.3 is 5.71 Å². The molecule has 0 radical (unpaired) electrons. The monoisotopic (exact) mass is 428 g/mol. The topological polar surface area (TPSA) is 60.4 Å². The zero-order chi connectivity index (χ0) is 22.3. The molecule has 0 bridgehead atoms. The van der Waals surface area contributed by atoms with Gasteiger partial charge in [-0.1, -0.05) is 81.1 Å². The third-order valence-electron chi connectivity index (χ3n) is 5.54. The van der Waals surface area contributed by atoms with Crippen molar-refractivity contribution in [3.63, 3.8) is 0 Å². The summed E-state index contributed by atoms with van der Waals surface area (Å²) in [7, 11) is -4.14. The van der Waals surface area contributed by atoms with Crippen LogP contribution in [0.5, 0.6) is 0 Å². The summed E-state index contributed by atoms with van der Waals surface area (Å²) in [6.07, 6.45) is 3.93. The molecule has 0 saturated carbocycles. The Morgan fingerprint density at radius 1 is 1.00 bits per heavy atom. The third-order valence-corrected chi connectivity index (χ3v) is 8.00. The minimum absolute atomic E-state index is 0.186. The molecule has 0 saturated heterocycles. The van der Waals surface area contributed by atoms with Crippen LogP contribution in [0.25, 0.3) is 0 Å². The molecule has 4 nitrogen and oxygen atoms in total. The highest BCUT2D eigenvalue weighted by atomic mass is 31.2. The van der Waals surface area contributed by atoms with Crippen LogP contribution in [0.4, 0.5) is 4.79 Å². The first-order valence-electron chi connectivity index (χ1n) is 10.7. The van der Waals surface area contributed by atoms with E-state index in [1.807, 2.05) is 32.9 Å². The van der Waals surface area contributed by atoms with E-state index in [1.165, 1.54) is 0 Å². The number of hydrogen-bond donors (Lipinski definition) is 0. The molecular weight excluding hydrogens is 395 g/mol. The molecule has 5 heteroatoms. The second-order valence-electron chi connectivity index (χ2n) is 8.02. The number of carbonyl (C=O) groups is 2.